The van der Waals surface area contributed by atoms with Crippen LogP contribution in [0, 0.1) is 0 Å². The third-order valence-electron chi connectivity index (χ3n) is 3.54. The van der Waals surface area contributed by atoms with Crippen molar-refractivity contribution >= 4 is 81.8 Å². The van der Waals surface area contributed by atoms with Gasteiger partial charge in [-0.25, -0.2) is 15.0 Å². The molecule has 28 heavy (non-hydrogen) atoms. The quantitative estimate of drug-likeness (QED) is 0.525. The van der Waals surface area contributed by atoms with E-state index in [-0.39, 0.29) is 37.3 Å². The number of halogens is 6. The highest BCUT2D eigenvalue weighted by Gasteiger charge is 2.33. The minimum absolute atomic E-state index is 0.0555. The molecule has 12 heteroatoms. The second-order valence-corrected chi connectivity index (χ2v) is 10.0. The van der Waals surface area contributed by atoms with Gasteiger partial charge in [-0.3, -0.25) is 0 Å². The number of aliphatic hydroxyl groups excluding tert-OH is 3. The van der Waals surface area contributed by atoms with E-state index in [9.17, 15) is 15.3 Å². The first-order valence-electron chi connectivity index (χ1n) is 7.55. The van der Waals surface area contributed by atoms with E-state index in [1.807, 2.05) is 0 Å². The summed E-state index contributed by atoms with van der Waals surface area (Å²) in [6.45, 7) is -0.946. The lowest BCUT2D eigenvalue weighted by Gasteiger charge is -2.14. The van der Waals surface area contributed by atoms with Crippen LogP contribution < -0.4 is 0 Å². The number of rotatable bonds is 5. The lowest BCUT2D eigenvalue weighted by molar-refractivity contribution is 0.247. The molecule has 0 unspecified atom stereocenters. The van der Waals surface area contributed by atoms with E-state index in [0.717, 1.165) is 0 Å². The van der Waals surface area contributed by atoms with Crippen LogP contribution in [0.15, 0.2) is 12.1 Å². The Labute approximate surface area is 190 Å². The third-order valence-corrected chi connectivity index (χ3v) is 4.55. The molecule has 0 radical (unpaired) electrons. The monoisotopic (exact) mass is 505 g/mol. The van der Waals surface area contributed by atoms with Gasteiger partial charge in [-0.2, -0.15) is 0 Å². The largest absolute Gasteiger partial charge is 0.392 e. The standard InChI is InChI=1S/C16H13Cl6N3O3/c17-15(18,19)13-23-12(24-14(25-13)16(20,21)22)2-1-8-3-9(5-26)11(7-28)10(4-8)6-27/h1-4,26-28H,5-7H2. The SMILES string of the molecule is OCc1cc(C=Cc2nc(C(Cl)(Cl)Cl)nc(C(Cl)(Cl)Cl)n2)cc(CO)c1CO. The van der Waals surface area contributed by atoms with Crippen LogP contribution in [-0.2, 0) is 27.4 Å². The van der Waals surface area contributed by atoms with Crippen molar-refractivity contribution in [3.63, 3.8) is 0 Å². The van der Waals surface area contributed by atoms with Crippen molar-refractivity contribution in [2.24, 2.45) is 0 Å². The molecule has 0 aliphatic carbocycles. The lowest BCUT2D eigenvalue weighted by Crippen LogP contribution is -2.16. The first-order valence-corrected chi connectivity index (χ1v) is 9.82. The molecular weight excluding hydrogens is 495 g/mol. The topological polar surface area (TPSA) is 99.4 Å². The van der Waals surface area contributed by atoms with Crippen molar-refractivity contribution in [2.75, 3.05) is 0 Å². The maximum absolute atomic E-state index is 9.49. The summed E-state index contributed by atoms with van der Waals surface area (Å²) in [5, 5.41) is 28.4. The molecule has 0 bridgehead atoms. The van der Waals surface area contributed by atoms with Crippen LogP contribution in [0.2, 0.25) is 0 Å². The van der Waals surface area contributed by atoms with Gasteiger partial charge in [0.05, 0.1) is 19.8 Å². The predicted octanol–water partition coefficient (Wildman–Crippen LogP) is 4.17. The molecule has 6 nitrogen and oxygen atoms in total. The Kier molecular flexibility index (Phi) is 8.18. The van der Waals surface area contributed by atoms with Crippen molar-refractivity contribution in [3.8, 4) is 0 Å². The van der Waals surface area contributed by atoms with Crippen molar-refractivity contribution in [2.45, 2.75) is 27.4 Å². The number of hydrogen-bond donors (Lipinski definition) is 3. The fraction of sp³-hybridized carbons (Fsp3) is 0.312. The van der Waals surface area contributed by atoms with E-state index >= 15 is 0 Å². The summed E-state index contributed by atoms with van der Waals surface area (Å²) in [7, 11) is 0. The molecule has 0 atom stereocenters. The van der Waals surface area contributed by atoms with Crippen LogP contribution in [0.3, 0.4) is 0 Å². The highest BCUT2D eigenvalue weighted by molar-refractivity contribution is 6.67. The summed E-state index contributed by atoms with van der Waals surface area (Å²) in [6, 6.07) is 3.27. The van der Waals surface area contributed by atoms with Crippen LogP contribution in [-0.4, -0.2) is 30.3 Å². The van der Waals surface area contributed by atoms with Crippen molar-refractivity contribution < 1.29 is 15.3 Å². The van der Waals surface area contributed by atoms with E-state index < -0.39 is 7.59 Å². The Morgan fingerprint density at radius 3 is 1.54 bits per heavy atom. The summed E-state index contributed by atoms with van der Waals surface area (Å²) in [4.78, 5) is 11.9. The molecule has 0 aliphatic heterocycles. The van der Waals surface area contributed by atoms with Gasteiger partial charge < -0.3 is 15.3 Å². The maximum Gasteiger partial charge on any atom is 0.250 e. The zero-order valence-electron chi connectivity index (χ0n) is 13.9. The van der Waals surface area contributed by atoms with Gasteiger partial charge in [0, 0.05) is 0 Å². The Bertz CT molecular complexity index is 824. The van der Waals surface area contributed by atoms with Gasteiger partial charge >= 0.3 is 0 Å². The predicted molar refractivity (Wildman–Crippen MR) is 111 cm³/mol. The van der Waals surface area contributed by atoms with Crippen molar-refractivity contribution in [3.05, 3.63) is 51.9 Å². The van der Waals surface area contributed by atoms with E-state index in [2.05, 4.69) is 15.0 Å². The van der Waals surface area contributed by atoms with Gasteiger partial charge in [-0.15, -0.1) is 0 Å². The number of aliphatic hydroxyl groups is 3. The Morgan fingerprint density at radius 2 is 1.18 bits per heavy atom. The normalized spacial score (nSPS) is 12.8. The van der Waals surface area contributed by atoms with E-state index in [1.54, 1.807) is 18.2 Å². The van der Waals surface area contributed by atoms with Crippen LogP contribution in [0.4, 0.5) is 0 Å². The Hall–Kier alpha value is -0.410. The first kappa shape index (κ1) is 23.9. The molecule has 2 rings (SSSR count). The average molecular weight is 508 g/mol. The lowest BCUT2D eigenvalue weighted by atomic mass is 9.98. The molecule has 0 saturated carbocycles. The molecule has 1 aromatic heterocycles. The molecular formula is C16H13Cl6N3O3. The van der Waals surface area contributed by atoms with Gasteiger partial charge in [0.1, 0.15) is 0 Å². The van der Waals surface area contributed by atoms with Gasteiger partial charge in [0.15, 0.2) is 17.5 Å². The second-order valence-electron chi connectivity index (χ2n) is 5.46. The number of nitrogens with zero attached hydrogens (tertiary/aromatic N) is 3. The summed E-state index contributed by atoms with van der Waals surface area (Å²) < 4.78 is -3.93. The summed E-state index contributed by atoms with van der Waals surface area (Å²) >= 11 is 35.0. The number of hydrogen-bond acceptors (Lipinski definition) is 6. The molecule has 2 aromatic rings. The molecule has 1 heterocycles. The molecule has 0 saturated heterocycles. The van der Waals surface area contributed by atoms with Crippen LogP contribution >= 0.6 is 69.6 Å². The molecule has 1 aromatic carbocycles. The molecule has 3 N–H and O–H groups in total. The molecule has 0 fully saturated rings. The van der Waals surface area contributed by atoms with Gasteiger partial charge in [0.25, 0.3) is 0 Å². The highest BCUT2D eigenvalue weighted by Crippen LogP contribution is 2.40. The Balaban J connectivity index is 2.51. The minimum Gasteiger partial charge on any atom is -0.392 e. The molecule has 0 aliphatic rings. The smallest absolute Gasteiger partial charge is 0.250 e. The van der Waals surface area contributed by atoms with E-state index in [0.29, 0.717) is 22.3 Å². The summed E-state index contributed by atoms with van der Waals surface area (Å²) in [5.41, 5.74) is 1.98. The Morgan fingerprint density at radius 1 is 0.714 bits per heavy atom. The van der Waals surface area contributed by atoms with E-state index in [4.69, 9.17) is 69.6 Å². The molecule has 0 spiro atoms. The zero-order valence-corrected chi connectivity index (χ0v) is 18.4. The first-order chi connectivity index (χ1) is 13.0. The summed E-state index contributed by atoms with van der Waals surface area (Å²) in [6.07, 6.45) is 3.04. The fourth-order valence-corrected chi connectivity index (χ4v) is 2.80. The maximum atomic E-state index is 9.49. The average Bonchev–Trinajstić information content (AvgIpc) is 2.63. The molecule has 0 amide bonds. The van der Waals surface area contributed by atoms with Crippen molar-refractivity contribution in [1.29, 1.82) is 0 Å². The second kappa shape index (κ2) is 9.60. The number of aromatic nitrogens is 3. The van der Waals surface area contributed by atoms with Gasteiger partial charge in [-0.1, -0.05) is 75.7 Å². The summed E-state index contributed by atoms with van der Waals surface area (Å²) in [5.74, 6) is -0.396. The third kappa shape index (κ3) is 6.05. The zero-order chi connectivity index (χ0) is 21.1. The number of benzene rings is 1. The van der Waals surface area contributed by atoms with Crippen LogP contribution in [0.5, 0.6) is 0 Å². The highest BCUT2D eigenvalue weighted by atomic mass is 35.6. The van der Waals surface area contributed by atoms with Gasteiger partial charge in [0.2, 0.25) is 7.59 Å². The van der Waals surface area contributed by atoms with Crippen LogP contribution in [0.1, 0.15) is 39.7 Å². The van der Waals surface area contributed by atoms with Crippen LogP contribution in [0.25, 0.3) is 12.2 Å². The minimum atomic E-state index is -1.97. The van der Waals surface area contributed by atoms with E-state index in [1.165, 1.54) is 6.08 Å². The van der Waals surface area contributed by atoms with Gasteiger partial charge in [-0.05, 0) is 40.5 Å². The number of alkyl halides is 6. The van der Waals surface area contributed by atoms with Crippen molar-refractivity contribution in [1.82, 2.24) is 15.0 Å². The molecule has 152 valence electrons. The fourth-order valence-electron chi connectivity index (χ4n) is 2.30.